The van der Waals surface area contributed by atoms with E-state index < -0.39 is 42.1 Å². The molecule has 4 heterocycles. The van der Waals surface area contributed by atoms with E-state index in [0.717, 1.165) is 0 Å². The number of ether oxygens (including phenoxy) is 7. The lowest BCUT2D eigenvalue weighted by molar-refractivity contribution is -0.196. The first-order valence-corrected chi connectivity index (χ1v) is 7.81. The summed E-state index contributed by atoms with van der Waals surface area (Å²) in [4.78, 5) is 12.0. The van der Waals surface area contributed by atoms with Gasteiger partial charge in [0.25, 0.3) is 0 Å². The van der Waals surface area contributed by atoms with Crippen molar-refractivity contribution >= 4 is 5.97 Å². The lowest BCUT2D eigenvalue weighted by Gasteiger charge is -2.30. The fourth-order valence-corrected chi connectivity index (χ4v) is 3.79. The zero-order valence-electron chi connectivity index (χ0n) is 13.8. The van der Waals surface area contributed by atoms with Gasteiger partial charge in [0.05, 0.1) is 7.11 Å². The maximum Gasteiger partial charge on any atom is 0.337 e. The minimum Gasteiger partial charge on any atom is -0.467 e. The molecule has 7 atom stereocenters. The fraction of sp³-hybridized carbons (Fsp3) is 0.933. The van der Waals surface area contributed by atoms with Crippen molar-refractivity contribution in [1.29, 1.82) is 0 Å². The van der Waals surface area contributed by atoms with Crippen LogP contribution in [-0.4, -0.2) is 67.6 Å². The monoisotopic (exact) mass is 330 g/mol. The Balaban J connectivity index is 1.56. The van der Waals surface area contributed by atoms with Crippen LogP contribution in [0.2, 0.25) is 0 Å². The summed E-state index contributed by atoms with van der Waals surface area (Å²) in [5.74, 6) is -2.07. The summed E-state index contributed by atoms with van der Waals surface area (Å²) in [5, 5.41) is 0. The van der Waals surface area contributed by atoms with Crippen LogP contribution in [0.1, 0.15) is 27.7 Å². The van der Waals surface area contributed by atoms with Crippen molar-refractivity contribution in [2.45, 2.75) is 82.2 Å². The zero-order chi connectivity index (χ0) is 16.6. The van der Waals surface area contributed by atoms with Crippen LogP contribution in [-0.2, 0) is 38.0 Å². The molecule has 130 valence electrons. The maximum atomic E-state index is 12.0. The van der Waals surface area contributed by atoms with Crippen LogP contribution in [0.5, 0.6) is 0 Å². The van der Waals surface area contributed by atoms with Gasteiger partial charge in [-0.25, -0.2) is 4.79 Å². The van der Waals surface area contributed by atoms with Crippen LogP contribution >= 0.6 is 0 Å². The van der Waals surface area contributed by atoms with Crippen LogP contribution in [0.25, 0.3) is 0 Å². The molecule has 4 aliphatic rings. The van der Waals surface area contributed by atoms with Gasteiger partial charge in [-0.2, -0.15) is 0 Å². The molecule has 0 aliphatic carbocycles. The molecule has 8 heteroatoms. The van der Waals surface area contributed by atoms with Gasteiger partial charge >= 0.3 is 5.97 Å². The topological polar surface area (TPSA) is 81.7 Å². The molecule has 23 heavy (non-hydrogen) atoms. The van der Waals surface area contributed by atoms with E-state index in [1.807, 2.05) is 13.8 Å². The second-order valence-electron chi connectivity index (χ2n) is 7.18. The van der Waals surface area contributed by atoms with Crippen molar-refractivity contribution in [3.05, 3.63) is 0 Å². The summed E-state index contributed by atoms with van der Waals surface area (Å²) in [6.45, 7) is 7.21. The molecule has 0 spiro atoms. The number of methoxy groups -OCH3 is 1. The number of fused-ring (bicyclic) bond motifs is 5. The summed E-state index contributed by atoms with van der Waals surface area (Å²) in [6, 6.07) is 0. The molecule has 0 aromatic heterocycles. The average Bonchev–Trinajstić information content (AvgIpc) is 3.15. The van der Waals surface area contributed by atoms with Crippen LogP contribution in [0.4, 0.5) is 0 Å². The van der Waals surface area contributed by atoms with Gasteiger partial charge in [0.2, 0.25) is 0 Å². The highest BCUT2D eigenvalue weighted by molar-refractivity contribution is 5.75. The molecule has 0 amide bonds. The van der Waals surface area contributed by atoms with Gasteiger partial charge in [-0.15, -0.1) is 0 Å². The molecular weight excluding hydrogens is 308 g/mol. The summed E-state index contributed by atoms with van der Waals surface area (Å²) in [5.41, 5.74) is 0. The van der Waals surface area contributed by atoms with Gasteiger partial charge in [0.15, 0.2) is 24.0 Å². The van der Waals surface area contributed by atoms with E-state index in [4.69, 9.17) is 33.2 Å². The summed E-state index contributed by atoms with van der Waals surface area (Å²) in [7, 11) is 1.32. The van der Waals surface area contributed by atoms with Gasteiger partial charge in [-0.3, -0.25) is 0 Å². The summed E-state index contributed by atoms with van der Waals surface area (Å²) >= 11 is 0. The Bertz CT molecular complexity index is 518. The van der Waals surface area contributed by atoms with Crippen molar-refractivity contribution in [3.63, 3.8) is 0 Å². The lowest BCUT2D eigenvalue weighted by Crippen LogP contribution is -2.53. The van der Waals surface area contributed by atoms with Crippen molar-refractivity contribution in [2.75, 3.05) is 7.11 Å². The quantitative estimate of drug-likeness (QED) is 0.670. The van der Waals surface area contributed by atoms with Gasteiger partial charge in [-0.05, 0) is 27.7 Å². The molecule has 4 aliphatic heterocycles. The average molecular weight is 330 g/mol. The van der Waals surface area contributed by atoms with E-state index in [1.165, 1.54) is 7.11 Å². The molecule has 4 saturated heterocycles. The third-order valence-corrected chi connectivity index (χ3v) is 4.55. The molecule has 4 fully saturated rings. The minimum atomic E-state index is -0.902. The first-order valence-electron chi connectivity index (χ1n) is 7.81. The third-order valence-electron chi connectivity index (χ3n) is 4.55. The summed E-state index contributed by atoms with van der Waals surface area (Å²) in [6.07, 6.45) is -3.39. The Hall–Kier alpha value is -0.770. The molecule has 0 unspecified atom stereocenters. The Morgan fingerprint density at radius 1 is 0.783 bits per heavy atom. The van der Waals surface area contributed by atoms with Gasteiger partial charge in [0, 0.05) is 0 Å². The van der Waals surface area contributed by atoms with E-state index in [-0.39, 0.29) is 18.3 Å². The van der Waals surface area contributed by atoms with Crippen molar-refractivity contribution in [1.82, 2.24) is 0 Å². The van der Waals surface area contributed by atoms with Crippen LogP contribution < -0.4 is 0 Å². The molecule has 0 radical (unpaired) electrons. The van der Waals surface area contributed by atoms with Gasteiger partial charge < -0.3 is 33.2 Å². The van der Waals surface area contributed by atoms with E-state index in [1.54, 1.807) is 13.8 Å². The number of esters is 1. The standard InChI is InChI=1S/C15H22O8/c1-14(2)20-8(10(22-14)12(16)17-5)6-7-9-11(13(18-6)19-7)23-15(3,4)21-9/h6-11,13H,1-5H3/t6-,7-,8-,9-,10+,11-,13-/m1/s1. The number of hydrogen-bond acceptors (Lipinski definition) is 8. The van der Waals surface area contributed by atoms with Crippen molar-refractivity contribution in [3.8, 4) is 0 Å². The second kappa shape index (κ2) is 4.87. The lowest BCUT2D eigenvalue weighted by atomic mass is 9.96. The van der Waals surface area contributed by atoms with E-state index in [2.05, 4.69) is 0 Å². The molecule has 4 rings (SSSR count). The van der Waals surface area contributed by atoms with Crippen LogP contribution in [0.15, 0.2) is 0 Å². The van der Waals surface area contributed by atoms with Crippen molar-refractivity contribution in [2.24, 2.45) is 0 Å². The molecule has 0 saturated carbocycles. The van der Waals surface area contributed by atoms with E-state index in [0.29, 0.717) is 0 Å². The zero-order valence-corrected chi connectivity index (χ0v) is 13.8. The molecule has 2 bridgehead atoms. The highest BCUT2D eigenvalue weighted by Gasteiger charge is 2.67. The number of carbonyl (C=O) groups is 1. The molecule has 8 nitrogen and oxygen atoms in total. The third kappa shape index (κ3) is 2.40. The van der Waals surface area contributed by atoms with Crippen LogP contribution in [0, 0.1) is 0 Å². The molecule has 0 N–H and O–H groups in total. The highest BCUT2D eigenvalue weighted by Crippen LogP contribution is 2.48. The van der Waals surface area contributed by atoms with E-state index in [9.17, 15) is 4.79 Å². The smallest absolute Gasteiger partial charge is 0.337 e. The Morgan fingerprint density at radius 2 is 1.30 bits per heavy atom. The highest BCUT2D eigenvalue weighted by atomic mass is 16.8. The normalized spacial score (nSPS) is 49.3. The van der Waals surface area contributed by atoms with Gasteiger partial charge in [-0.1, -0.05) is 0 Å². The Labute approximate surface area is 134 Å². The Morgan fingerprint density at radius 3 is 1.96 bits per heavy atom. The second-order valence-corrected chi connectivity index (χ2v) is 7.18. The first-order chi connectivity index (χ1) is 10.7. The maximum absolute atomic E-state index is 12.0. The first kappa shape index (κ1) is 15.7. The minimum absolute atomic E-state index is 0.251. The number of hydrogen-bond donors (Lipinski definition) is 0. The Kier molecular flexibility index (Phi) is 3.33. The molecular formula is C15H22O8. The van der Waals surface area contributed by atoms with Crippen LogP contribution in [0.3, 0.4) is 0 Å². The fourth-order valence-electron chi connectivity index (χ4n) is 3.79. The van der Waals surface area contributed by atoms with Crippen molar-refractivity contribution < 1.29 is 38.0 Å². The predicted molar refractivity (Wildman–Crippen MR) is 73.2 cm³/mol. The van der Waals surface area contributed by atoms with Gasteiger partial charge in [0.1, 0.15) is 30.5 Å². The largest absolute Gasteiger partial charge is 0.467 e. The number of rotatable bonds is 2. The SMILES string of the molecule is COC(=O)[C@H]1OC(C)(C)O[C@@H]1[C@@H]1O[C@@H]2O[C@H]1[C@H]1OC(C)(C)O[C@@H]21. The summed E-state index contributed by atoms with van der Waals surface area (Å²) < 4.78 is 39.9. The molecule has 0 aromatic carbocycles. The molecule has 0 aromatic rings. The predicted octanol–water partition coefficient (Wildman–Crippen LogP) is 0.323. The number of carbonyl (C=O) groups excluding carboxylic acids is 1. The van der Waals surface area contributed by atoms with E-state index >= 15 is 0 Å².